The zero-order valence-electron chi connectivity index (χ0n) is 14.2. The first-order valence-electron chi connectivity index (χ1n) is 8.83. The third-order valence-corrected chi connectivity index (χ3v) is 4.85. The van der Waals surface area contributed by atoms with E-state index in [0.29, 0.717) is 19.7 Å². The number of amides is 1. The number of ether oxygens (including phenoxy) is 1. The summed E-state index contributed by atoms with van der Waals surface area (Å²) in [4.78, 5) is 25.4. The van der Waals surface area contributed by atoms with Crippen LogP contribution in [0, 0.1) is 0 Å². The third-order valence-electron chi connectivity index (χ3n) is 4.85. The SMILES string of the molecule is O=C(c1ccc(N2CCCC2)cc1)N1CCOC(c2cnccn2)C1. The van der Waals surface area contributed by atoms with Gasteiger partial charge in [-0.05, 0) is 37.1 Å². The fourth-order valence-electron chi connectivity index (χ4n) is 3.46. The van der Waals surface area contributed by atoms with Gasteiger partial charge in [-0.1, -0.05) is 0 Å². The molecule has 25 heavy (non-hydrogen) atoms. The molecule has 0 bridgehead atoms. The van der Waals surface area contributed by atoms with Crippen LogP contribution in [0.1, 0.15) is 35.0 Å². The van der Waals surface area contributed by atoms with Crippen LogP contribution < -0.4 is 4.90 Å². The molecular formula is C19H22N4O2. The lowest BCUT2D eigenvalue weighted by Gasteiger charge is -2.32. The first kappa shape index (κ1) is 16.0. The van der Waals surface area contributed by atoms with Gasteiger partial charge in [0.25, 0.3) is 5.91 Å². The minimum absolute atomic E-state index is 0.0464. The highest BCUT2D eigenvalue weighted by Gasteiger charge is 2.27. The van der Waals surface area contributed by atoms with Gasteiger partial charge in [-0.2, -0.15) is 0 Å². The molecule has 1 aromatic carbocycles. The van der Waals surface area contributed by atoms with E-state index in [1.807, 2.05) is 17.0 Å². The first-order chi connectivity index (χ1) is 12.3. The van der Waals surface area contributed by atoms with Crippen molar-refractivity contribution in [2.45, 2.75) is 18.9 Å². The van der Waals surface area contributed by atoms with Crippen molar-refractivity contribution >= 4 is 11.6 Å². The van der Waals surface area contributed by atoms with Gasteiger partial charge >= 0.3 is 0 Å². The van der Waals surface area contributed by atoms with Gasteiger partial charge in [-0.3, -0.25) is 14.8 Å². The largest absolute Gasteiger partial charge is 0.372 e. The van der Waals surface area contributed by atoms with Crippen LogP contribution in [-0.2, 0) is 4.74 Å². The van der Waals surface area contributed by atoms with Crippen molar-refractivity contribution in [1.82, 2.24) is 14.9 Å². The van der Waals surface area contributed by atoms with E-state index < -0.39 is 0 Å². The smallest absolute Gasteiger partial charge is 0.254 e. The quantitative estimate of drug-likeness (QED) is 0.859. The van der Waals surface area contributed by atoms with E-state index in [1.165, 1.54) is 18.5 Å². The van der Waals surface area contributed by atoms with Crippen LogP contribution >= 0.6 is 0 Å². The van der Waals surface area contributed by atoms with Gasteiger partial charge in [0.15, 0.2) is 0 Å². The molecule has 1 atom stereocenters. The van der Waals surface area contributed by atoms with Crippen molar-refractivity contribution in [2.24, 2.45) is 0 Å². The zero-order valence-corrected chi connectivity index (χ0v) is 14.2. The Morgan fingerprint density at radius 1 is 1.08 bits per heavy atom. The summed E-state index contributed by atoms with van der Waals surface area (Å²) in [5.74, 6) is 0.0464. The lowest BCUT2D eigenvalue weighted by molar-refractivity contribution is -0.0249. The molecule has 2 aliphatic rings. The van der Waals surface area contributed by atoms with Crippen molar-refractivity contribution in [3.05, 3.63) is 54.1 Å². The Kier molecular flexibility index (Phi) is 4.61. The average Bonchev–Trinajstić information content (AvgIpc) is 3.23. The Morgan fingerprint density at radius 3 is 2.60 bits per heavy atom. The van der Waals surface area contributed by atoms with Gasteiger partial charge in [0, 0.05) is 43.3 Å². The fourth-order valence-corrected chi connectivity index (χ4v) is 3.46. The van der Waals surface area contributed by atoms with Crippen LogP contribution in [-0.4, -0.2) is 53.6 Å². The highest BCUT2D eigenvalue weighted by Crippen LogP contribution is 2.23. The lowest BCUT2D eigenvalue weighted by atomic mass is 10.1. The van der Waals surface area contributed by atoms with Gasteiger partial charge in [0.1, 0.15) is 6.10 Å². The van der Waals surface area contributed by atoms with E-state index in [-0.39, 0.29) is 12.0 Å². The Bertz CT molecular complexity index is 714. The molecule has 2 fully saturated rings. The van der Waals surface area contributed by atoms with E-state index in [9.17, 15) is 4.79 Å². The summed E-state index contributed by atoms with van der Waals surface area (Å²) in [6.07, 6.45) is 7.27. The van der Waals surface area contributed by atoms with Crippen LogP contribution in [0.25, 0.3) is 0 Å². The number of rotatable bonds is 3. The summed E-state index contributed by atoms with van der Waals surface area (Å²) in [5, 5.41) is 0. The Balaban J connectivity index is 1.44. The molecule has 3 heterocycles. The van der Waals surface area contributed by atoms with Crippen molar-refractivity contribution in [1.29, 1.82) is 0 Å². The second-order valence-corrected chi connectivity index (χ2v) is 6.48. The molecule has 0 spiro atoms. The van der Waals surface area contributed by atoms with Crippen molar-refractivity contribution in [3.8, 4) is 0 Å². The predicted octanol–water partition coefficient (Wildman–Crippen LogP) is 2.29. The van der Waals surface area contributed by atoms with E-state index in [2.05, 4.69) is 27.0 Å². The number of anilines is 1. The molecule has 0 aliphatic carbocycles. The number of carbonyl (C=O) groups excluding carboxylic acids is 1. The van der Waals surface area contributed by atoms with Crippen molar-refractivity contribution in [2.75, 3.05) is 37.7 Å². The van der Waals surface area contributed by atoms with Gasteiger partial charge in [-0.25, -0.2) is 0 Å². The Labute approximate surface area is 147 Å². The van der Waals surface area contributed by atoms with Gasteiger partial charge in [-0.15, -0.1) is 0 Å². The molecule has 0 N–H and O–H groups in total. The third kappa shape index (κ3) is 3.49. The van der Waals surface area contributed by atoms with E-state index in [1.54, 1.807) is 18.6 Å². The maximum atomic E-state index is 12.8. The molecule has 6 nitrogen and oxygen atoms in total. The first-order valence-corrected chi connectivity index (χ1v) is 8.83. The Hall–Kier alpha value is -2.47. The van der Waals surface area contributed by atoms with Gasteiger partial charge in [0.2, 0.25) is 0 Å². The normalized spacial score (nSPS) is 20.7. The minimum Gasteiger partial charge on any atom is -0.372 e. The maximum Gasteiger partial charge on any atom is 0.254 e. The van der Waals surface area contributed by atoms with Crippen LogP contribution in [0.2, 0.25) is 0 Å². The molecule has 2 aliphatic heterocycles. The summed E-state index contributed by atoms with van der Waals surface area (Å²) in [6, 6.07) is 7.98. The number of hydrogen-bond donors (Lipinski definition) is 0. The fraction of sp³-hybridized carbons (Fsp3) is 0.421. The number of carbonyl (C=O) groups is 1. The zero-order chi connectivity index (χ0) is 17.1. The van der Waals surface area contributed by atoms with Crippen molar-refractivity contribution in [3.63, 3.8) is 0 Å². The van der Waals surface area contributed by atoms with Crippen LogP contribution in [0.4, 0.5) is 5.69 Å². The molecule has 4 rings (SSSR count). The average molecular weight is 338 g/mol. The highest BCUT2D eigenvalue weighted by molar-refractivity contribution is 5.94. The Morgan fingerprint density at radius 2 is 1.88 bits per heavy atom. The molecule has 1 aromatic heterocycles. The summed E-state index contributed by atoms with van der Waals surface area (Å²) in [7, 11) is 0. The van der Waals surface area contributed by atoms with Gasteiger partial charge in [0.05, 0.1) is 25.0 Å². The predicted molar refractivity (Wildman–Crippen MR) is 94.5 cm³/mol. The summed E-state index contributed by atoms with van der Waals surface area (Å²) >= 11 is 0. The summed E-state index contributed by atoms with van der Waals surface area (Å²) < 4.78 is 5.76. The molecule has 130 valence electrons. The van der Waals surface area contributed by atoms with E-state index in [4.69, 9.17) is 4.74 Å². The molecule has 2 aromatic rings. The number of benzene rings is 1. The molecule has 0 saturated carbocycles. The lowest BCUT2D eigenvalue weighted by Crippen LogP contribution is -2.42. The molecule has 6 heteroatoms. The molecule has 0 radical (unpaired) electrons. The number of nitrogens with zero attached hydrogens (tertiary/aromatic N) is 4. The number of hydrogen-bond acceptors (Lipinski definition) is 5. The minimum atomic E-state index is -0.213. The van der Waals surface area contributed by atoms with Crippen molar-refractivity contribution < 1.29 is 9.53 Å². The molecule has 1 unspecified atom stereocenters. The van der Waals surface area contributed by atoms with Crippen LogP contribution in [0.15, 0.2) is 42.9 Å². The second-order valence-electron chi connectivity index (χ2n) is 6.48. The molecule has 1 amide bonds. The highest BCUT2D eigenvalue weighted by atomic mass is 16.5. The van der Waals surface area contributed by atoms with E-state index in [0.717, 1.165) is 24.3 Å². The summed E-state index contributed by atoms with van der Waals surface area (Å²) in [5.41, 5.74) is 2.69. The van der Waals surface area contributed by atoms with Crippen LogP contribution in [0.3, 0.4) is 0 Å². The number of morpholine rings is 1. The molecular weight excluding hydrogens is 316 g/mol. The topological polar surface area (TPSA) is 58.6 Å². The van der Waals surface area contributed by atoms with E-state index >= 15 is 0 Å². The number of aromatic nitrogens is 2. The maximum absolute atomic E-state index is 12.8. The molecule has 2 saturated heterocycles. The summed E-state index contributed by atoms with van der Waals surface area (Å²) in [6.45, 7) is 3.83. The van der Waals surface area contributed by atoms with Crippen LogP contribution in [0.5, 0.6) is 0 Å². The monoisotopic (exact) mass is 338 g/mol. The van der Waals surface area contributed by atoms with Gasteiger partial charge < -0.3 is 14.5 Å². The standard InChI is InChI=1S/C19H22N4O2/c24-19(15-3-5-16(6-4-15)22-9-1-2-10-22)23-11-12-25-18(14-23)17-13-20-7-8-21-17/h3-8,13,18H,1-2,9-12,14H2. The second kappa shape index (κ2) is 7.19.